The summed E-state index contributed by atoms with van der Waals surface area (Å²) in [5, 5.41) is 2.20. The molecule has 0 unspecified atom stereocenters. The smallest absolute Gasteiger partial charge is 0.119 e. The number of hydrogen-bond acceptors (Lipinski definition) is 3. The van der Waals surface area contributed by atoms with Crippen LogP contribution in [0.15, 0.2) is 40.2 Å². The number of fused-ring (bicyclic) bond motifs is 1. The van der Waals surface area contributed by atoms with Crippen LogP contribution in [0.2, 0.25) is 0 Å². The maximum atomic E-state index is 5.77. The normalized spacial score (nSPS) is 15.2. The molecule has 0 bridgehead atoms. The lowest BCUT2D eigenvalue weighted by Gasteiger charge is -2.26. The first-order valence-corrected chi connectivity index (χ1v) is 8.14. The Balaban J connectivity index is 1.47. The molecule has 1 aromatic carbocycles. The summed E-state index contributed by atoms with van der Waals surface area (Å²) < 4.78 is 6.86. The zero-order valence-corrected chi connectivity index (χ0v) is 13.0. The molecule has 2 nitrogen and oxygen atoms in total. The minimum atomic E-state index is 0.751. The summed E-state index contributed by atoms with van der Waals surface area (Å²) >= 11 is 5.31. The van der Waals surface area contributed by atoms with Gasteiger partial charge in [-0.05, 0) is 47.7 Å². The Morgan fingerprint density at radius 2 is 2.05 bits per heavy atom. The molecule has 2 heterocycles. The Bertz CT molecular complexity index is 537. The van der Waals surface area contributed by atoms with Gasteiger partial charge in [-0.15, -0.1) is 11.3 Å². The molecule has 19 heavy (non-hydrogen) atoms. The minimum absolute atomic E-state index is 0.751. The predicted molar refractivity (Wildman–Crippen MR) is 82.9 cm³/mol. The molecule has 1 aromatic heterocycles. The SMILES string of the molecule is Brc1ccc(OCCN2CCc3sccc3C2)cc1. The number of nitrogens with zero attached hydrogens (tertiary/aromatic N) is 1. The number of ether oxygens (including phenoxy) is 1. The third-order valence-electron chi connectivity index (χ3n) is 3.38. The van der Waals surface area contributed by atoms with E-state index in [1.807, 2.05) is 35.6 Å². The summed E-state index contributed by atoms with van der Waals surface area (Å²) in [6.45, 7) is 3.96. The van der Waals surface area contributed by atoms with Crippen LogP contribution >= 0.6 is 27.3 Å². The summed E-state index contributed by atoms with van der Waals surface area (Å²) in [7, 11) is 0. The molecule has 0 radical (unpaired) electrons. The predicted octanol–water partition coefficient (Wildman–Crippen LogP) is 3.95. The number of thiophene rings is 1. The van der Waals surface area contributed by atoms with E-state index in [1.54, 1.807) is 4.88 Å². The van der Waals surface area contributed by atoms with Crippen LogP contribution in [0.25, 0.3) is 0 Å². The van der Waals surface area contributed by atoms with E-state index in [0.29, 0.717) is 0 Å². The average molecular weight is 338 g/mol. The van der Waals surface area contributed by atoms with Gasteiger partial charge in [0.25, 0.3) is 0 Å². The van der Waals surface area contributed by atoms with Gasteiger partial charge in [0.15, 0.2) is 0 Å². The molecule has 1 aliphatic heterocycles. The first-order chi connectivity index (χ1) is 9.31. The third kappa shape index (κ3) is 3.38. The molecule has 100 valence electrons. The Morgan fingerprint density at radius 3 is 2.89 bits per heavy atom. The van der Waals surface area contributed by atoms with Crippen molar-refractivity contribution in [2.24, 2.45) is 0 Å². The molecule has 0 fully saturated rings. The third-order valence-corrected chi connectivity index (χ3v) is 4.93. The molecule has 0 atom stereocenters. The lowest BCUT2D eigenvalue weighted by atomic mass is 10.1. The van der Waals surface area contributed by atoms with Gasteiger partial charge in [0.05, 0.1) is 0 Å². The summed E-state index contributed by atoms with van der Waals surface area (Å²) in [5.74, 6) is 0.941. The highest BCUT2D eigenvalue weighted by molar-refractivity contribution is 9.10. The monoisotopic (exact) mass is 337 g/mol. The van der Waals surface area contributed by atoms with Crippen molar-refractivity contribution in [3.63, 3.8) is 0 Å². The fraction of sp³-hybridized carbons (Fsp3) is 0.333. The van der Waals surface area contributed by atoms with E-state index >= 15 is 0 Å². The first kappa shape index (κ1) is 13.2. The fourth-order valence-corrected chi connectivity index (χ4v) is 3.48. The Kier molecular flexibility index (Phi) is 4.21. The molecule has 0 spiro atoms. The van der Waals surface area contributed by atoms with Crippen molar-refractivity contribution in [2.75, 3.05) is 19.7 Å². The second-order valence-corrected chi connectivity index (χ2v) is 6.61. The molecular formula is C15H16BrNOS. The van der Waals surface area contributed by atoms with Crippen LogP contribution < -0.4 is 4.74 Å². The number of benzene rings is 1. The fourth-order valence-electron chi connectivity index (χ4n) is 2.32. The van der Waals surface area contributed by atoms with E-state index in [9.17, 15) is 0 Å². The molecule has 0 saturated heterocycles. The van der Waals surface area contributed by atoms with Crippen molar-refractivity contribution in [1.29, 1.82) is 0 Å². The molecular weight excluding hydrogens is 322 g/mol. The van der Waals surface area contributed by atoms with Crippen LogP contribution in [0.1, 0.15) is 10.4 Å². The van der Waals surface area contributed by atoms with Crippen molar-refractivity contribution in [3.8, 4) is 5.75 Å². The molecule has 0 saturated carbocycles. The van der Waals surface area contributed by atoms with Gasteiger partial charge in [0.1, 0.15) is 12.4 Å². The zero-order valence-electron chi connectivity index (χ0n) is 10.6. The van der Waals surface area contributed by atoms with Gasteiger partial charge in [0, 0.05) is 29.0 Å². The van der Waals surface area contributed by atoms with Crippen molar-refractivity contribution in [3.05, 3.63) is 50.6 Å². The van der Waals surface area contributed by atoms with E-state index in [4.69, 9.17) is 4.74 Å². The van der Waals surface area contributed by atoms with Gasteiger partial charge in [-0.25, -0.2) is 0 Å². The van der Waals surface area contributed by atoms with Gasteiger partial charge in [-0.1, -0.05) is 15.9 Å². The largest absolute Gasteiger partial charge is 0.492 e. The summed E-state index contributed by atoms with van der Waals surface area (Å²) in [5.41, 5.74) is 1.50. The van der Waals surface area contributed by atoms with Gasteiger partial charge >= 0.3 is 0 Å². The van der Waals surface area contributed by atoms with Crippen LogP contribution in [0.4, 0.5) is 0 Å². The van der Waals surface area contributed by atoms with Gasteiger partial charge in [-0.2, -0.15) is 0 Å². The highest BCUT2D eigenvalue weighted by atomic mass is 79.9. The van der Waals surface area contributed by atoms with E-state index in [1.165, 1.54) is 12.0 Å². The van der Waals surface area contributed by atoms with E-state index < -0.39 is 0 Å². The topological polar surface area (TPSA) is 12.5 Å². The molecule has 3 rings (SSSR count). The Labute approximate surface area is 126 Å². The van der Waals surface area contributed by atoms with Crippen LogP contribution in [0.3, 0.4) is 0 Å². The summed E-state index contributed by atoms with van der Waals surface area (Å²) in [4.78, 5) is 4.03. The first-order valence-electron chi connectivity index (χ1n) is 6.47. The Morgan fingerprint density at radius 1 is 1.21 bits per heavy atom. The highest BCUT2D eigenvalue weighted by Gasteiger charge is 2.16. The van der Waals surface area contributed by atoms with Crippen molar-refractivity contribution in [1.82, 2.24) is 4.90 Å². The maximum absolute atomic E-state index is 5.77. The van der Waals surface area contributed by atoms with Crippen LogP contribution in [0.5, 0.6) is 5.75 Å². The number of halogens is 1. The van der Waals surface area contributed by atoms with Gasteiger partial charge in [-0.3, -0.25) is 4.90 Å². The second kappa shape index (κ2) is 6.07. The number of hydrogen-bond donors (Lipinski definition) is 0. The maximum Gasteiger partial charge on any atom is 0.119 e. The quantitative estimate of drug-likeness (QED) is 0.837. The molecule has 0 N–H and O–H groups in total. The average Bonchev–Trinajstić information content (AvgIpc) is 2.88. The zero-order chi connectivity index (χ0) is 13.1. The molecule has 4 heteroatoms. The summed E-state index contributed by atoms with van der Waals surface area (Å²) in [6.07, 6.45) is 1.19. The molecule has 1 aliphatic rings. The lowest BCUT2D eigenvalue weighted by Crippen LogP contribution is -2.33. The minimum Gasteiger partial charge on any atom is -0.492 e. The van der Waals surface area contributed by atoms with E-state index in [2.05, 4.69) is 32.3 Å². The van der Waals surface area contributed by atoms with E-state index in [0.717, 1.165) is 36.5 Å². The molecule has 0 amide bonds. The van der Waals surface area contributed by atoms with Crippen molar-refractivity contribution >= 4 is 27.3 Å². The standard InChI is InChI=1S/C15H16BrNOS/c16-13-1-3-14(4-2-13)18-9-8-17-7-5-15-12(11-17)6-10-19-15/h1-4,6,10H,5,7-9,11H2. The number of rotatable bonds is 4. The van der Waals surface area contributed by atoms with Crippen LogP contribution in [-0.4, -0.2) is 24.6 Å². The van der Waals surface area contributed by atoms with Crippen molar-refractivity contribution in [2.45, 2.75) is 13.0 Å². The Hall–Kier alpha value is -0.840. The van der Waals surface area contributed by atoms with Crippen molar-refractivity contribution < 1.29 is 4.74 Å². The van der Waals surface area contributed by atoms with Gasteiger partial charge < -0.3 is 4.74 Å². The van der Waals surface area contributed by atoms with Crippen LogP contribution in [0, 0.1) is 0 Å². The van der Waals surface area contributed by atoms with Gasteiger partial charge in [0.2, 0.25) is 0 Å². The summed E-state index contributed by atoms with van der Waals surface area (Å²) in [6, 6.07) is 10.3. The van der Waals surface area contributed by atoms with Crippen LogP contribution in [-0.2, 0) is 13.0 Å². The molecule has 0 aliphatic carbocycles. The highest BCUT2D eigenvalue weighted by Crippen LogP contribution is 2.23. The van der Waals surface area contributed by atoms with E-state index in [-0.39, 0.29) is 0 Å². The molecule has 2 aromatic rings. The lowest BCUT2D eigenvalue weighted by molar-refractivity contribution is 0.197. The second-order valence-electron chi connectivity index (χ2n) is 4.70.